The number of benzene rings is 1. The second-order valence-corrected chi connectivity index (χ2v) is 7.79. The Morgan fingerprint density at radius 1 is 1.12 bits per heavy atom. The van der Waals surface area contributed by atoms with E-state index in [0.717, 1.165) is 34.4 Å². The van der Waals surface area contributed by atoms with Gasteiger partial charge >= 0.3 is 5.69 Å². The van der Waals surface area contributed by atoms with Crippen LogP contribution in [0.3, 0.4) is 0 Å². The topological polar surface area (TPSA) is 104 Å². The number of nitrogens with zero attached hydrogens (tertiary/aromatic N) is 5. The number of alkyl halides is 2. The highest BCUT2D eigenvalue weighted by atomic mass is 32.1. The number of nitriles is 2. The molecule has 0 radical (unpaired) electrons. The molecular weight excluding hydrogens is 436 g/mol. The number of rotatable bonds is 5. The number of thiophene rings is 1. The van der Waals surface area contributed by atoms with Crippen LogP contribution in [-0.4, -0.2) is 14.1 Å². The van der Waals surface area contributed by atoms with Gasteiger partial charge in [-0.2, -0.15) is 10.5 Å². The highest BCUT2D eigenvalue weighted by Crippen LogP contribution is 2.33. The zero-order valence-corrected chi connectivity index (χ0v) is 17.1. The van der Waals surface area contributed by atoms with Crippen LogP contribution in [0.15, 0.2) is 58.4 Å². The summed E-state index contributed by atoms with van der Waals surface area (Å²) in [4.78, 5) is 30.8. The molecule has 0 N–H and O–H groups in total. The number of halogens is 2. The van der Waals surface area contributed by atoms with E-state index >= 15 is 0 Å². The minimum absolute atomic E-state index is 0.00248. The molecule has 0 atom stereocenters. The third-order valence-corrected chi connectivity index (χ3v) is 5.98. The molecule has 10 heteroatoms. The summed E-state index contributed by atoms with van der Waals surface area (Å²) in [7, 11) is 0. The predicted octanol–water partition coefficient (Wildman–Crippen LogP) is 4.00. The molecule has 0 saturated heterocycles. The highest BCUT2D eigenvalue weighted by molar-refractivity contribution is 7.22. The molecule has 4 aromatic rings. The average Bonchev–Trinajstić information content (AvgIpc) is 3.25. The Morgan fingerprint density at radius 2 is 1.91 bits per heavy atom. The van der Waals surface area contributed by atoms with Crippen molar-refractivity contribution in [2.45, 2.75) is 19.4 Å². The average molecular weight is 449 g/mol. The molecule has 32 heavy (non-hydrogen) atoms. The summed E-state index contributed by atoms with van der Waals surface area (Å²) >= 11 is 1.09. The summed E-state index contributed by atoms with van der Waals surface area (Å²) in [6, 6.07) is 13.6. The van der Waals surface area contributed by atoms with E-state index in [-0.39, 0.29) is 23.4 Å². The molecule has 0 saturated carbocycles. The molecule has 0 unspecified atom stereocenters. The van der Waals surface area contributed by atoms with Crippen molar-refractivity contribution in [3.8, 4) is 28.3 Å². The van der Waals surface area contributed by atoms with Gasteiger partial charge in [0.05, 0.1) is 41.5 Å². The fourth-order valence-corrected chi connectivity index (χ4v) is 4.50. The van der Waals surface area contributed by atoms with Gasteiger partial charge < -0.3 is 0 Å². The Morgan fingerprint density at radius 3 is 2.62 bits per heavy atom. The van der Waals surface area contributed by atoms with Crippen LogP contribution in [0.2, 0.25) is 0 Å². The summed E-state index contributed by atoms with van der Waals surface area (Å²) in [6.07, 6.45) is -0.691. The fourth-order valence-electron chi connectivity index (χ4n) is 3.37. The Kier molecular flexibility index (Phi) is 5.63. The summed E-state index contributed by atoms with van der Waals surface area (Å²) in [5, 5.41) is 18.4. The van der Waals surface area contributed by atoms with Gasteiger partial charge in [-0.15, -0.1) is 11.3 Å². The maximum Gasteiger partial charge on any atom is 0.336 e. The molecule has 158 valence electrons. The lowest BCUT2D eigenvalue weighted by atomic mass is 10.1. The van der Waals surface area contributed by atoms with Crippen LogP contribution >= 0.6 is 11.3 Å². The van der Waals surface area contributed by atoms with Crippen LogP contribution < -0.4 is 11.2 Å². The molecule has 4 rings (SSSR count). The standard InChI is InChI=1S/C22H13F2N5O2S/c23-20(24)14-8-15(12-27-11-14)29-21(30)19-17(28(22(29)31)7-3-6-25)9-18(32-19)16-5-2-1-4-13(16)10-26/h1-2,4-5,8-9,11-12,20H,3,7H2. The summed E-state index contributed by atoms with van der Waals surface area (Å²) in [5.74, 6) is 0. The third-order valence-electron chi connectivity index (χ3n) is 4.84. The van der Waals surface area contributed by atoms with Gasteiger partial charge in [-0.05, 0) is 18.2 Å². The Balaban J connectivity index is 2.05. The van der Waals surface area contributed by atoms with Crippen molar-refractivity contribution in [3.05, 3.63) is 80.8 Å². The minimum atomic E-state index is -2.82. The molecule has 0 amide bonds. The van der Waals surface area contributed by atoms with E-state index in [9.17, 15) is 23.6 Å². The van der Waals surface area contributed by atoms with Gasteiger partial charge in [0.1, 0.15) is 4.70 Å². The van der Waals surface area contributed by atoms with Crippen molar-refractivity contribution < 1.29 is 8.78 Å². The van der Waals surface area contributed by atoms with Crippen molar-refractivity contribution in [2.75, 3.05) is 0 Å². The predicted molar refractivity (Wildman–Crippen MR) is 115 cm³/mol. The van der Waals surface area contributed by atoms with E-state index in [1.54, 1.807) is 30.3 Å². The number of hydrogen-bond acceptors (Lipinski definition) is 6. The van der Waals surface area contributed by atoms with Gasteiger partial charge in [0.25, 0.3) is 12.0 Å². The molecule has 1 aromatic carbocycles. The minimum Gasteiger partial charge on any atom is -0.291 e. The SMILES string of the molecule is N#CCCn1c(=O)n(-c2cncc(C(F)F)c2)c(=O)c2sc(-c3ccccc3C#N)cc21. The van der Waals surface area contributed by atoms with E-state index in [0.29, 0.717) is 21.5 Å². The first-order valence-electron chi connectivity index (χ1n) is 9.35. The molecule has 0 aliphatic carbocycles. The quantitative estimate of drug-likeness (QED) is 0.458. The van der Waals surface area contributed by atoms with Crippen LogP contribution in [0.25, 0.3) is 26.3 Å². The summed E-state index contributed by atoms with van der Waals surface area (Å²) in [6.45, 7) is 0.00412. The van der Waals surface area contributed by atoms with E-state index < -0.39 is 23.2 Å². The highest BCUT2D eigenvalue weighted by Gasteiger charge is 2.20. The first-order valence-corrected chi connectivity index (χ1v) is 10.2. The molecule has 0 aliphatic rings. The number of hydrogen-bond donors (Lipinski definition) is 0. The van der Waals surface area contributed by atoms with Crippen molar-refractivity contribution in [1.29, 1.82) is 10.5 Å². The smallest absolute Gasteiger partial charge is 0.291 e. The van der Waals surface area contributed by atoms with Crippen molar-refractivity contribution in [1.82, 2.24) is 14.1 Å². The molecular formula is C22H13F2N5O2S. The van der Waals surface area contributed by atoms with Gasteiger partial charge in [0.15, 0.2) is 0 Å². The second kappa shape index (κ2) is 8.53. The van der Waals surface area contributed by atoms with Gasteiger partial charge in [-0.3, -0.25) is 14.3 Å². The first-order chi connectivity index (χ1) is 15.5. The van der Waals surface area contributed by atoms with Crippen LogP contribution in [-0.2, 0) is 6.54 Å². The zero-order valence-electron chi connectivity index (χ0n) is 16.3. The van der Waals surface area contributed by atoms with Gasteiger partial charge in [0.2, 0.25) is 0 Å². The summed E-state index contributed by atoms with van der Waals surface area (Å²) in [5.41, 5.74) is -0.634. The van der Waals surface area contributed by atoms with Crippen molar-refractivity contribution in [3.63, 3.8) is 0 Å². The number of pyridine rings is 1. The van der Waals surface area contributed by atoms with E-state index in [4.69, 9.17) is 5.26 Å². The lowest BCUT2D eigenvalue weighted by molar-refractivity contribution is 0.151. The largest absolute Gasteiger partial charge is 0.336 e. The van der Waals surface area contributed by atoms with Gasteiger partial charge in [-0.25, -0.2) is 18.1 Å². The molecule has 0 spiro atoms. The molecule has 0 aliphatic heterocycles. The van der Waals surface area contributed by atoms with E-state index in [1.165, 1.54) is 4.57 Å². The fraction of sp³-hybridized carbons (Fsp3) is 0.136. The summed E-state index contributed by atoms with van der Waals surface area (Å²) < 4.78 is 28.6. The maximum absolute atomic E-state index is 13.3. The van der Waals surface area contributed by atoms with Crippen LogP contribution in [0.4, 0.5) is 8.78 Å². The van der Waals surface area contributed by atoms with E-state index in [1.807, 2.05) is 6.07 Å². The van der Waals surface area contributed by atoms with Crippen molar-refractivity contribution in [2.24, 2.45) is 0 Å². The molecule has 0 bridgehead atoms. The molecule has 3 heterocycles. The molecule has 3 aromatic heterocycles. The van der Waals surface area contributed by atoms with Crippen LogP contribution in [0.5, 0.6) is 0 Å². The zero-order chi connectivity index (χ0) is 22.8. The van der Waals surface area contributed by atoms with Gasteiger partial charge in [0, 0.05) is 28.7 Å². The van der Waals surface area contributed by atoms with Crippen LogP contribution in [0.1, 0.15) is 24.0 Å². The number of aromatic nitrogens is 3. The van der Waals surface area contributed by atoms with E-state index in [2.05, 4.69) is 11.1 Å². The molecule has 7 nitrogen and oxygen atoms in total. The lowest BCUT2D eigenvalue weighted by Crippen LogP contribution is -2.38. The first kappa shape index (κ1) is 21.1. The van der Waals surface area contributed by atoms with Crippen LogP contribution in [0, 0.1) is 22.7 Å². The lowest BCUT2D eigenvalue weighted by Gasteiger charge is -2.11. The third kappa shape index (κ3) is 3.57. The Bertz CT molecular complexity index is 1540. The monoisotopic (exact) mass is 449 g/mol. The normalized spacial score (nSPS) is 10.9. The second-order valence-electron chi connectivity index (χ2n) is 6.74. The maximum atomic E-state index is 13.3. The Labute approximate surface area is 183 Å². The number of fused-ring (bicyclic) bond motifs is 1. The Hall–Kier alpha value is -4.15. The van der Waals surface area contributed by atoms with Gasteiger partial charge in [-0.1, -0.05) is 18.2 Å². The van der Waals surface area contributed by atoms with Crippen molar-refractivity contribution >= 4 is 21.6 Å². The molecule has 0 fully saturated rings. The number of aryl methyl sites for hydroxylation is 1.